The first-order valence-corrected chi connectivity index (χ1v) is 9.52. The van der Waals surface area contributed by atoms with Gasteiger partial charge in [-0.1, -0.05) is 43.3 Å². The molecule has 4 nitrogen and oxygen atoms in total. The van der Waals surface area contributed by atoms with Gasteiger partial charge in [-0.3, -0.25) is 4.90 Å². The normalized spacial score (nSPS) is 16.0. The van der Waals surface area contributed by atoms with E-state index < -0.39 is 0 Å². The maximum atomic E-state index is 6.00. The van der Waals surface area contributed by atoms with Crippen LogP contribution in [0.2, 0.25) is 0 Å². The van der Waals surface area contributed by atoms with Gasteiger partial charge >= 0.3 is 0 Å². The minimum Gasteiger partial charge on any atom is -0.370 e. The molecule has 0 unspecified atom stereocenters. The SMILES string of the molecule is Cc1cccc(NC(N)=NCc2ccc(CN3CCC(C)CC3)cc2)c1.I. The summed E-state index contributed by atoms with van der Waals surface area (Å²) in [5, 5.41) is 3.14. The van der Waals surface area contributed by atoms with Crippen molar-refractivity contribution in [2.45, 2.75) is 39.8 Å². The van der Waals surface area contributed by atoms with Crippen LogP contribution in [0.3, 0.4) is 0 Å². The lowest BCUT2D eigenvalue weighted by Gasteiger charge is -2.30. The van der Waals surface area contributed by atoms with Crippen LogP contribution < -0.4 is 11.1 Å². The van der Waals surface area contributed by atoms with Gasteiger partial charge in [0.25, 0.3) is 0 Å². The second-order valence-electron chi connectivity index (χ2n) is 7.47. The fourth-order valence-corrected chi connectivity index (χ4v) is 3.32. The summed E-state index contributed by atoms with van der Waals surface area (Å²) in [5.41, 5.74) is 10.7. The number of halogens is 1. The summed E-state index contributed by atoms with van der Waals surface area (Å²) in [5.74, 6) is 1.33. The number of nitrogens with zero attached hydrogens (tertiary/aromatic N) is 2. The van der Waals surface area contributed by atoms with Crippen LogP contribution in [0.15, 0.2) is 53.5 Å². The van der Waals surface area contributed by atoms with Crippen LogP contribution in [0.25, 0.3) is 0 Å². The number of rotatable bonds is 5. The predicted octanol–water partition coefficient (Wildman–Crippen LogP) is 4.77. The number of guanidine groups is 1. The topological polar surface area (TPSA) is 53.6 Å². The molecule has 0 aromatic heterocycles. The van der Waals surface area contributed by atoms with E-state index in [0.29, 0.717) is 12.5 Å². The Labute approximate surface area is 180 Å². The van der Waals surface area contributed by atoms with Gasteiger partial charge in [-0.2, -0.15) is 0 Å². The molecule has 2 aromatic rings. The third-order valence-electron chi connectivity index (χ3n) is 5.03. The fourth-order valence-electron chi connectivity index (χ4n) is 3.32. The largest absolute Gasteiger partial charge is 0.370 e. The van der Waals surface area contributed by atoms with Crippen molar-refractivity contribution in [3.8, 4) is 0 Å². The fraction of sp³-hybridized carbons (Fsp3) is 0.409. The van der Waals surface area contributed by atoms with Gasteiger partial charge in [-0.15, -0.1) is 24.0 Å². The Morgan fingerprint density at radius 1 is 1.11 bits per heavy atom. The Bertz CT molecular complexity index is 734. The monoisotopic (exact) mass is 478 g/mol. The summed E-state index contributed by atoms with van der Waals surface area (Å²) in [4.78, 5) is 7.00. The molecule has 1 fully saturated rings. The van der Waals surface area contributed by atoms with Crippen molar-refractivity contribution in [3.05, 3.63) is 65.2 Å². The molecule has 0 amide bonds. The van der Waals surface area contributed by atoms with Gasteiger partial charge in [0.2, 0.25) is 0 Å². The van der Waals surface area contributed by atoms with Crippen molar-refractivity contribution in [3.63, 3.8) is 0 Å². The number of piperidine rings is 1. The van der Waals surface area contributed by atoms with Crippen LogP contribution in [0.4, 0.5) is 5.69 Å². The third kappa shape index (κ3) is 7.14. The summed E-state index contributed by atoms with van der Waals surface area (Å²) < 4.78 is 0. The number of anilines is 1. The van der Waals surface area contributed by atoms with E-state index in [0.717, 1.165) is 18.2 Å². The highest BCUT2D eigenvalue weighted by molar-refractivity contribution is 14.0. The number of hydrogen-bond acceptors (Lipinski definition) is 2. The number of hydrogen-bond donors (Lipinski definition) is 2. The zero-order valence-electron chi connectivity index (χ0n) is 16.3. The molecule has 3 N–H and O–H groups in total. The van der Waals surface area contributed by atoms with E-state index in [4.69, 9.17) is 5.73 Å². The van der Waals surface area contributed by atoms with Gasteiger partial charge in [0, 0.05) is 12.2 Å². The van der Waals surface area contributed by atoms with Gasteiger partial charge in [0.05, 0.1) is 6.54 Å². The van der Waals surface area contributed by atoms with Crippen LogP contribution in [0, 0.1) is 12.8 Å². The summed E-state index contributed by atoms with van der Waals surface area (Å²) in [6.45, 7) is 8.49. The van der Waals surface area contributed by atoms with E-state index in [1.807, 2.05) is 12.1 Å². The van der Waals surface area contributed by atoms with E-state index in [1.165, 1.54) is 42.6 Å². The van der Waals surface area contributed by atoms with E-state index in [9.17, 15) is 0 Å². The first-order chi connectivity index (χ1) is 12.6. The number of aryl methyl sites for hydroxylation is 1. The van der Waals surface area contributed by atoms with Crippen molar-refractivity contribution < 1.29 is 0 Å². The standard InChI is InChI=1S/C22H30N4.HI/c1-17-10-12-26(13-11-17)16-20-8-6-19(7-9-20)15-24-22(23)25-21-5-3-4-18(2)14-21;/h3-9,14,17H,10-13,15-16H2,1-2H3,(H3,23,24,25);1H. The van der Waals surface area contributed by atoms with Crippen molar-refractivity contribution in [2.75, 3.05) is 18.4 Å². The Hall–Kier alpha value is -1.60. The van der Waals surface area contributed by atoms with Gasteiger partial charge in [0.15, 0.2) is 5.96 Å². The Balaban J connectivity index is 0.00000261. The van der Waals surface area contributed by atoms with Gasteiger partial charge < -0.3 is 11.1 Å². The predicted molar refractivity (Wildman–Crippen MR) is 126 cm³/mol. The van der Waals surface area contributed by atoms with E-state index in [1.54, 1.807) is 0 Å². The Morgan fingerprint density at radius 3 is 2.44 bits per heavy atom. The minimum atomic E-state index is 0. The van der Waals surface area contributed by atoms with E-state index in [-0.39, 0.29) is 24.0 Å². The zero-order valence-corrected chi connectivity index (χ0v) is 18.6. The van der Waals surface area contributed by atoms with E-state index >= 15 is 0 Å². The molecule has 5 heteroatoms. The maximum absolute atomic E-state index is 6.00. The van der Waals surface area contributed by atoms with Crippen LogP contribution in [0.5, 0.6) is 0 Å². The molecule has 0 aliphatic carbocycles. The van der Waals surface area contributed by atoms with Crippen molar-refractivity contribution in [1.29, 1.82) is 0 Å². The highest BCUT2D eigenvalue weighted by Crippen LogP contribution is 2.18. The van der Waals surface area contributed by atoms with E-state index in [2.05, 4.69) is 65.5 Å². The molecule has 1 aliphatic rings. The average molecular weight is 478 g/mol. The molecule has 146 valence electrons. The molecule has 2 aromatic carbocycles. The molecule has 0 saturated carbocycles. The second-order valence-corrected chi connectivity index (χ2v) is 7.47. The molecule has 0 bridgehead atoms. The third-order valence-corrected chi connectivity index (χ3v) is 5.03. The van der Waals surface area contributed by atoms with Crippen LogP contribution in [0.1, 0.15) is 36.5 Å². The summed E-state index contributed by atoms with van der Waals surface area (Å²) in [7, 11) is 0. The highest BCUT2D eigenvalue weighted by atomic mass is 127. The van der Waals surface area contributed by atoms with Crippen LogP contribution in [-0.4, -0.2) is 23.9 Å². The molecular formula is C22H31IN4. The van der Waals surface area contributed by atoms with Crippen LogP contribution in [-0.2, 0) is 13.1 Å². The van der Waals surface area contributed by atoms with Crippen LogP contribution >= 0.6 is 24.0 Å². The lowest BCUT2D eigenvalue weighted by Crippen LogP contribution is -2.32. The molecular weight excluding hydrogens is 447 g/mol. The molecule has 0 radical (unpaired) electrons. The maximum Gasteiger partial charge on any atom is 0.193 e. The molecule has 0 spiro atoms. The molecule has 1 heterocycles. The molecule has 0 atom stereocenters. The van der Waals surface area contributed by atoms with Gasteiger partial charge in [0.1, 0.15) is 0 Å². The van der Waals surface area contributed by atoms with Crippen molar-refractivity contribution >= 4 is 35.6 Å². The number of nitrogens with one attached hydrogen (secondary N) is 1. The lowest BCUT2D eigenvalue weighted by molar-refractivity contribution is 0.185. The summed E-state index contributed by atoms with van der Waals surface area (Å²) in [6, 6.07) is 16.9. The summed E-state index contributed by atoms with van der Waals surface area (Å²) in [6.07, 6.45) is 2.64. The number of benzene rings is 2. The molecule has 3 rings (SSSR count). The van der Waals surface area contributed by atoms with Gasteiger partial charge in [-0.05, 0) is 67.6 Å². The summed E-state index contributed by atoms with van der Waals surface area (Å²) >= 11 is 0. The van der Waals surface area contributed by atoms with Gasteiger partial charge in [-0.25, -0.2) is 4.99 Å². The smallest absolute Gasteiger partial charge is 0.193 e. The first-order valence-electron chi connectivity index (χ1n) is 9.52. The quantitative estimate of drug-likeness (QED) is 0.370. The number of aliphatic imine (C=N–C) groups is 1. The zero-order chi connectivity index (χ0) is 18.4. The van der Waals surface area contributed by atoms with Crippen molar-refractivity contribution in [2.24, 2.45) is 16.6 Å². The number of nitrogens with two attached hydrogens (primary N) is 1. The number of likely N-dealkylation sites (tertiary alicyclic amines) is 1. The molecule has 1 saturated heterocycles. The lowest BCUT2D eigenvalue weighted by atomic mass is 9.99. The minimum absolute atomic E-state index is 0. The van der Waals surface area contributed by atoms with Crippen molar-refractivity contribution in [1.82, 2.24) is 4.90 Å². The first kappa shape index (κ1) is 21.7. The Kier molecular flexibility index (Phi) is 8.57. The highest BCUT2D eigenvalue weighted by Gasteiger charge is 2.15. The average Bonchev–Trinajstić information content (AvgIpc) is 2.63. The molecule has 1 aliphatic heterocycles. The molecule has 27 heavy (non-hydrogen) atoms. The second kappa shape index (κ2) is 10.7. The Morgan fingerprint density at radius 2 is 1.78 bits per heavy atom.